The maximum atomic E-state index is 11.9. The normalized spacial score (nSPS) is 24.2. The fraction of sp³-hybridized carbons (Fsp3) is 0.640. The Hall–Kier alpha value is -2.42. The Bertz CT molecular complexity index is 1230. The number of aromatic nitrogens is 3. The van der Waals surface area contributed by atoms with E-state index in [-0.39, 0.29) is 17.9 Å². The van der Waals surface area contributed by atoms with Crippen molar-refractivity contribution in [1.82, 2.24) is 19.7 Å². The summed E-state index contributed by atoms with van der Waals surface area (Å²) in [6.07, 6.45) is 0.795. The highest BCUT2D eigenvalue weighted by Crippen LogP contribution is 2.36. The van der Waals surface area contributed by atoms with Crippen LogP contribution in [0.4, 0.5) is 13.2 Å². The van der Waals surface area contributed by atoms with Crippen molar-refractivity contribution in [2.24, 2.45) is 7.05 Å². The molecule has 4 rings (SSSR count). The van der Waals surface area contributed by atoms with Crippen LogP contribution in [0.25, 0.3) is 0 Å². The molecule has 1 saturated carbocycles. The second kappa shape index (κ2) is 13.5. The largest absolute Gasteiger partial charge is 0.490 e. The zero-order valence-electron chi connectivity index (χ0n) is 22.5. The van der Waals surface area contributed by atoms with Crippen molar-refractivity contribution in [1.29, 1.82) is 0 Å². The molecule has 2 atom stereocenters. The zero-order chi connectivity index (χ0) is 29.7. The van der Waals surface area contributed by atoms with Gasteiger partial charge in [-0.05, 0) is 49.8 Å². The number of ether oxygens (including phenoxy) is 2. The molecular formula is C25H34ClF3N4O6S. The molecule has 2 aromatic rings. The number of carboxylic acid groups (broad SMARTS) is 1. The quantitative estimate of drug-likeness (QED) is 0.502. The van der Waals surface area contributed by atoms with Crippen molar-refractivity contribution in [3.05, 3.63) is 40.7 Å². The van der Waals surface area contributed by atoms with Crippen LogP contribution in [-0.4, -0.2) is 95.8 Å². The molecule has 1 N–H and O–H groups in total. The van der Waals surface area contributed by atoms with Gasteiger partial charge in [-0.15, -0.1) is 0 Å². The summed E-state index contributed by atoms with van der Waals surface area (Å²) in [4.78, 5) is 15.9. The third-order valence-electron chi connectivity index (χ3n) is 6.98. The smallest absolute Gasteiger partial charge is 0.475 e. The number of carbonyl (C=O) groups is 1. The molecule has 0 spiro atoms. The number of hydrogen-bond acceptors (Lipinski definition) is 8. The fourth-order valence-corrected chi connectivity index (χ4v) is 6.14. The van der Waals surface area contributed by atoms with Crippen molar-refractivity contribution in [2.75, 3.05) is 32.3 Å². The maximum Gasteiger partial charge on any atom is 0.490 e. The van der Waals surface area contributed by atoms with Crippen LogP contribution in [0.15, 0.2) is 24.3 Å². The van der Waals surface area contributed by atoms with E-state index >= 15 is 0 Å². The lowest BCUT2D eigenvalue weighted by molar-refractivity contribution is -0.192. The van der Waals surface area contributed by atoms with Crippen molar-refractivity contribution >= 4 is 27.4 Å². The van der Waals surface area contributed by atoms with Gasteiger partial charge >= 0.3 is 18.2 Å². The van der Waals surface area contributed by atoms with Gasteiger partial charge in [0.2, 0.25) is 0 Å². The van der Waals surface area contributed by atoms with E-state index in [1.807, 2.05) is 19.2 Å². The molecule has 2 heterocycles. The van der Waals surface area contributed by atoms with Crippen LogP contribution in [0.1, 0.15) is 43.0 Å². The summed E-state index contributed by atoms with van der Waals surface area (Å²) < 4.78 is 68.5. The summed E-state index contributed by atoms with van der Waals surface area (Å²) in [5, 5.41) is 12.4. The first-order chi connectivity index (χ1) is 18.7. The summed E-state index contributed by atoms with van der Waals surface area (Å²) in [6, 6.07) is 9.06. The van der Waals surface area contributed by atoms with E-state index in [2.05, 4.69) is 27.1 Å². The molecule has 2 fully saturated rings. The lowest BCUT2D eigenvalue weighted by atomic mass is 9.83. The van der Waals surface area contributed by atoms with Gasteiger partial charge in [0.25, 0.3) is 0 Å². The van der Waals surface area contributed by atoms with Crippen LogP contribution in [0, 0.1) is 0 Å². The first-order valence-corrected chi connectivity index (χ1v) is 15.1. The van der Waals surface area contributed by atoms with Gasteiger partial charge in [-0.25, -0.2) is 17.9 Å². The molecule has 0 bridgehead atoms. The standard InChI is InChI=1S/C23H33ClN4O4S.C2HF3O2/c1-27-23(31-2)25-22(26-27)17-6-10-19(11-7-17)28-13-21(15-33(3,29)30)32-14-20(28)12-16-4-8-18(24)9-5-16;3-2(4,5)1(6)7/h4-5,8-9,17,19-21H,6-7,10-15H2,1-3H3;(H,6,7)/t17?,19?,20-,21+;/m0./s1. The number of hydrogen-bond donors (Lipinski definition) is 1. The van der Waals surface area contributed by atoms with E-state index in [4.69, 9.17) is 31.0 Å². The van der Waals surface area contributed by atoms with E-state index in [1.54, 1.807) is 11.8 Å². The number of aryl methyl sites for hydroxylation is 1. The van der Waals surface area contributed by atoms with E-state index in [9.17, 15) is 21.6 Å². The third-order valence-corrected chi connectivity index (χ3v) is 8.21. The summed E-state index contributed by atoms with van der Waals surface area (Å²) in [5.41, 5.74) is 1.21. The van der Waals surface area contributed by atoms with Crippen LogP contribution in [0.2, 0.25) is 5.02 Å². The number of aliphatic carboxylic acids is 1. The van der Waals surface area contributed by atoms with E-state index in [1.165, 1.54) is 11.8 Å². The Morgan fingerprint density at radius 2 is 1.80 bits per heavy atom. The highest BCUT2D eigenvalue weighted by molar-refractivity contribution is 7.90. The highest BCUT2D eigenvalue weighted by Gasteiger charge is 2.39. The first-order valence-electron chi connectivity index (χ1n) is 12.7. The molecule has 1 aromatic carbocycles. The number of nitrogens with zero attached hydrogens (tertiary/aromatic N) is 4. The van der Waals surface area contributed by atoms with Gasteiger partial charge in [-0.3, -0.25) is 4.90 Å². The Labute approximate surface area is 236 Å². The average Bonchev–Trinajstić information content (AvgIpc) is 3.26. The molecule has 1 saturated heterocycles. The molecule has 1 aliphatic heterocycles. The average molecular weight is 611 g/mol. The number of sulfone groups is 1. The van der Waals surface area contributed by atoms with E-state index in [0.717, 1.165) is 43.0 Å². The minimum absolute atomic E-state index is 0.0597. The predicted molar refractivity (Wildman–Crippen MR) is 141 cm³/mol. The Morgan fingerprint density at radius 1 is 1.20 bits per heavy atom. The third kappa shape index (κ3) is 9.32. The van der Waals surface area contributed by atoms with Crippen molar-refractivity contribution in [2.45, 2.75) is 62.4 Å². The molecule has 0 amide bonds. The number of alkyl halides is 3. The van der Waals surface area contributed by atoms with Gasteiger partial charge in [0.05, 0.1) is 25.6 Å². The van der Waals surface area contributed by atoms with Gasteiger partial charge in [-0.2, -0.15) is 23.3 Å². The summed E-state index contributed by atoms with van der Waals surface area (Å²) in [5.74, 6) is -1.53. The van der Waals surface area contributed by atoms with Crippen molar-refractivity contribution in [3.63, 3.8) is 0 Å². The lowest BCUT2D eigenvalue weighted by Crippen LogP contribution is -2.56. The topological polar surface area (TPSA) is 124 Å². The highest BCUT2D eigenvalue weighted by atomic mass is 35.5. The second-order valence-corrected chi connectivity index (χ2v) is 12.7. The fourth-order valence-electron chi connectivity index (χ4n) is 5.14. The minimum atomic E-state index is -5.08. The van der Waals surface area contributed by atoms with Crippen LogP contribution < -0.4 is 4.74 Å². The molecule has 1 aromatic heterocycles. The Morgan fingerprint density at radius 3 is 2.30 bits per heavy atom. The zero-order valence-corrected chi connectivity index (χ0v) is 24.0. The van der Waals surface area contributed by atoms with Gasteiger partial charge in [0.15, 0.2) is 5.82 Å². The number of methoxy groups -OCH3 is 1. The summed E-state index contributed by atoms with van der Waals surface area (Å²) in [7, 11) is 0.348. The molecule has 0 radical (unpaired) electrons. The van der Waals surface area contributed by atoms with Crippen LogP contribution in [-0.2, 0) is 32.8 Å². The monoisotopic (exact) mass is 610 g/mol. The van der Waals surface area contributed by atoms with Crippen LogP contribution in [0.3, 0.4) is 0 Å². The number of halogens is 4. The summed E-state index contributed by atoms with van der Waals surface area (Å²) in [6.45, 7) is 1.16. The van der Waals surface area contributed by atoms with Crippen LogP contribution >= 0.6 is 11.6 Å². The molecule has 1 aliphatic carbocycles. The first kappa shape index (κ1) is 32.1. The molecule has 40 heavy (non-hydrogen) atoms. The van der Waals surface area contributed by atoms with Gasteiger partial charge < -0.3 is 14.6 Å². The molecule has 0 unspecified atom stereocenters. The van der Waals surface area contributed by atoms with Crippen molar-refractivity contribution in [3.8, 4) is 6.01 Å². The van der Waals surface area contributed by atoms with Crippen molar-refractivity contribution < 1.29 is 41.0 Å². The second-order valence-electron chi connectivity index (χ2n) is 10.1. The van der Waals surface area contributed by atoms with Gasteiger partial charge in [-0.1, -0.05) is 23.7 Å². The predicted octanol–water partition coefficient (Wildman–Crippen LogP) is 3.49. The SMILES string of the molecule is COc1nc(C2CCC(N3C[C@H](CS(C)(=O)=O)OC[C@@H]3Cc3ccc(Cl)cc3)CC2)nn1C.O=C(O)C(F)(F)F. The molecule has 224 valence electrons. The maximum absolute atomic E-state index is 11.9. The minimum Gasteiger partial charge on any atom is -0.475 e. The number of rotatable bonds is 7. The molecule has 15 heteroatoms. The number of carboxylic acids is 1. The van der Waals surface area contributed by atoms with E-state index in [0.29, 0.717) is 31.1 Å². The van der Waals surface area contributed by atoms with E-state index < -0.39 is 22.0 Å². The summed E-state index contributed by atoms with van der Waals surface area (Å²) >= 11 is 6.06. The van der Waals surface area contributed by atoms with Gasteiger partial charge in [0, 0.05) is 42.9 Å². The molecular weight excluding hydrogens is 577 g/mol. The van der Waals surface area contributed by atoms with Crippen LogP contribution in [0.5, 0.6) is 6.01 Å². The Balaban J connectivity index is 0.000000559. The molecule has 10 nitrogen and oxygen atoms in total. The number of morpholine rings is 1. The Kier molecular flexibility index (Phi) is 10.8. The lowest BCUT2D eigenvalue weighted by Gasteiger charge is -2.46. The molecule has 2 aliphatic rings. The number of benzene rings is 1. The van der Waals surface area contributed by atoms with Gasteiger partial charge in [0.1, 0.15) is 9.84 Å².